The third-order valence-corrected chi connectivity index (χ3v) is 2.68. The van der Waals surface area contributed by atoms with Crippen molar-refractivity contribution >= 4 is 28.7 Å². The van der Waals surface area contributed by atoms with Crippen molar-refractivity contribution in [1.29, 1.82) is 0 Å². The van der Waals surface area contributed by atoms with E-state index in [-0.39, 0.29) is 0 Å². The molecule has 5 nitrogen and oxygen atoms in total. The Kier molecular flexibility index (Phi) is 3.57. The van der Waals surface area contributed by atoms with Crippen LogP contribution in [0, 0.1) is 0 Å². The van der Waals surface area contributed by atoms with Gasteiger partial charge in [-0.25, -0.2) is 4.98 Å². The molecule has 2 rings (SSSR count). The molecule has 18 heavy (non-hydrogen) atoms. The second kappa shape index (κ2) is 5.14. The van der Waals surface area contributed by atoms with Gasteiger partial charge < -0.3 is 11.1 Å². The molecule has 0 aliphatic heterocycles. The van der Waals surface area contributed by atoms with Crippen LogP contribution in [-0.4, -0.2) is 19.8 Å². The maximum absolute atomic E-state index is 5.58. The lowest BCUT2D eigenvalue weighted by Crippen LogP contribution is -2.09. The monoisotopic (exact) mass is 261 g/mol. The Labute approximate surface area is 111 Å². The van der Waals surface area contributed by atoms with Crippen molar-refractivity contribution in [3.8, 4) is 0 Å². The fourth-order valence-electron chi connectivity index (χ4n) is 1.49. The molecule has 2 heterocycles. The summed E-state index contributed by atoms with van der Waals surface area (Å²) >= 11 is 4.93. The number of nitrogens with two attached hydrogens (primary N) is 1. The summed E-state index contributed by atoms with van der Waals surface area (Å²) in [5.74, 6) is 0.698. The molecule has 0 aromatic carbocycles. The molecule has 0 aliphatic rings. The zero-order valence-electron chi connectivity index (χ0n) is 10.3. The molecule has 3 N–H and O–H groups in total. The molecular formula is C12H15N5S. The number of nitrogens with one attached hydrogen (secondary N) is 1. The van der Waals surface area contributed by atoms with E-state index in [1.165, 1.54) is 0 Å². The van der Waals surface area contributed by atoms with Crippen molar-refractivity contribution in [1.82, 2.24) is 14.8 Å². The molecule has 0 unspecified atom stereocenters. The molecule has 0 fully saturated rings. The van der Waals surface area contributed by atoms with Crippen LogP contribution in [0.15, 0.2) is 30.7 Å². The Balaban J connectivity index is 2.17. The summed E-state index contributed by atoms with van der Waals surface area (Å²) in [7, 11) is 0. The Hall–Kier alpha value is -1.95. The van der Waals surface area contributed by atoms with E-state index in [1.54, 1.807) is 18.5 Å². The van der Waals surface area contributed by atoms with Gasteiger partial charge in [0.1, 0.15) is 10.8 Å². The third kappa shape index (κ3) is 2.84. The molecule has 0 saturated heterocycles. The summed E-state index contributed by atoms with van der Waals surface area (Å²) in [6.07, 6.45) is 5.36. The largest absolute Gasteiger partial charge is 0.389 e. The first kappa shape index (κ1) is 12.5. The fourth-order valence-corrected chi connectivity index (χ4v) is 1.61. The number of nitrogens with zero attached hydrogens (tertiary/aromatic N) is 3. The van der Waals surface area contributed by atoms with Gasteiger partial charge in [-0.3, -0.25) is 4.68 Å². The first-order valence-corrected chi connectivity index (χ1v) is 6.04. The minimum absolute atomic E-state index is 0.330. The van der Waals surface area contributed by atoms with Crippen LogP contribution in [0.5, 0.6) is 0 Å². The minimum atomic E-state index is 0.330. The van der Waals surface area contributed by atoms with Crippen molar-refractivity contribution in [2.45, 2.75) is 19.9 Å². The van der Waals surface area contributed by atoms with Crippen molar-refractivity contribution in [2.24, 2.45) is 5.73 Å². The third-order valence-electron chi connectivity index (χ3n) is 2.45. The first-order valence-electron chi connectivity index (χ1n) is 5.63. The molecule has 0 spiro atoms. The summed E-state index contributed by atoms with van der Waals surface area (Å²) in [6, 6.07) is 3.93. The van der Waals surface area contributed by atoms with E-state index in [2.05, 4.69) is 29.2 Å². The van der Waals surface area contributed by atoms with E-state index in [9.17, 15) is 0 Å². The van der Waals surface area contributed by atoms with Gasteiger partial charge in [-0.15, -0.1) is 0 Å². The quantitative estimate of drug-likeness (QED) is 0.826. The summed E-state index contributed by atoms with van der Waals surface area (Å²) < 4.78 is 1.87. The van der Waals surface area contributed by atoms with Gasteiger partial charge in [0, 0.05) is 24.0 Å². The van der Waals surface area contributed by atoms with Crippen LogP contribution in [0.3, 0.4) is 0 Å². The van der Waals surface area contributed by atoms with Gasteiger partial charge in [0.25, 0.3) is 0 Å². The topological polar surface area (TPSA) is 68.8 Å². The smallest absolute Gasteiger partial charge is 0.131 e. The Morgan fingerprint density at radius 3 is 2.89 bits per heavy atom. The second-order valence-electron chi connectivity index (χ2n) is 4.22. The lowest BCUT2D eigenvalue weighted by atomic mass is 10.2. The van der Waals surface area contributed by atoms with Crippen LogP contribution in [-0.2, 0) is 0 Å². The fraction of sp³-hybridized carbons (Fsp3) is 0.250. The normalized spacial score (nSPS) is 10.6. The number of hydrogen-bond acceptors (Lipinski definition) is 4. The van der Waals surface area contributed by atoms with Gasteiger partial charge in [-0.2, -0.15) is 5.10 Å². The average molecular weight is 261 g/mol. The highest BCUT2D eigenvalue weighted by molar-refractivity contribution is 7.80. The van der Waals surface area contributed by atoms with E-state index in [0.717, 1.165) is 11.3 Å². The molecule has 0 saturated carbocycles. The highest BCUT2D eigenvalue weighted by Gasteiger charge is 2.04. The predicted octanol–water partition coefficient (Wildman–Crippen LogP) is 2.24. The number of aromatic nitrogens is 3. The number of hydrogen-bond donors (Lipinski definition) is 2. The van der Waals surface area contributed by atoms with Gasteiger partial charge in [0.15, 0.2) is 0 Å². The first-order chi connectivity index (χ1) is 8.56. The molecule has 0 radical (unpaired) electrons. The molecular weight excluding hydrogens is 246 g/mol. The lowest BCUT2D eigenvalue weighted by molar-refractivity contribution is 0.532. The van der Waals surface area contributed by atoms with Crippen molar-refractivity contribution < 1.29 is 0 Å². The number of pyridine rings is 1. The Bertz CT molecular complexity index is 561. The zero-order valence-corrected chi connectivity index (χ0v) is 11.1. The maximum atomic E-state index is 5.58. The molecule has 2 aromatic rings. The van der Waals surface area contributed by atoms with Crippen molar-refractivity contribution in [2.75, 3.05) is 5.32 Å². The minimum Gasteiger partial charge on any atom is -0.389 e. The van der Waals surface area contributed by atoms with E-state index in [0.29, 0.717) is 16.8 Å². The summed E-state index contributed by atoms with van der Waals surface area (Å²) in [5, 5.41) is 7.41. The van der Waals surface area contributed by atoms with Crippen LogP contribution < -0.4 is 11.1 Å². The molecule has 0 atom stereocenters. The van der Waals surface area contributed by atoms with Crippen molar-refractivity contribution in [3.63, 3.8) is 0 Å². The molecule has 0 amide bonds. The standard InChI is InChI=1S/C12H15N5S/c1-8(2)17-7-10(6-15-17)16-11-5-9(12(13)18)3-4-14-11/h3-8H,1-2H3,(H2,13,18)(H,14,16). The van der Waals surface area contributed by atoms with E-state index in [1.807, 2.05) is 16.9 Å². The Morgan fingerprint density at radius 2 is 2.28 bits per heavy atom. The number of anilines is 2. The predicted molar refractivity (Wildman–Crippen MR) is 76.0 cm³/mol. The zero-order chi connectivity index (χ0) is 13.1. The highest BCUT2D eigenvalue weighted by Crippen LogP contribution is 2.16. The van der Waals surface area contributed by atoms with Crippen LogP contribution >= 0.6 is 12.2 Å². The van der Waals surface area contributed by atoms with Gasteiger partial charge in [0.05, 0.1) is 11.9 Å². The number of thiocarbonyl (C=S) groups is 1. The lowest BCUT2D eigenvalue weighted by Gasteiger charge is -2.05. The molecule has 6 heteroatoms. The molecule has 94 valence electrons. The van der Waals surface area contributed by atoms with Crippen LogP contribution in [0.4, 0.5) is 11.5 Å². The van der Waals surface area contributed by atoms with Crippen LogP contribution in [0.1, 0.15) is 25.5 Å². The molecule has 2 aromatic heterocycles. The van der Waals surface area contributed by atoms with E-state index in [4.69, 9.17) is 18.0 Å². The average Bonchev–Trinajstić information content (AvgIpc) is 2.78. The number of rotatable bonds is 4. The summed E-state index contributed by atoms with van der Waals surface area (Å²) in [4.78, 5) is 4.57. The van der Waals surface area contributed by atoms with Gasteiger partial charge in [-0.05, 0) is 26.0 Å². The molecule has 0 aliphatic carbocycles. The van der Waals surface area contributed by atoms with Gasteiger partial charge >= 0.3 is 0 Å². The van der Waals surface area contributed by atoms with E-state index < -0.39 is 0 Å². The summed E-state index contributed by atoms with van der Waals surface area (Å²) in [5.41, 5.74) is 7.26. The van der Waals surface area contributed by atoms with Gasteiger partial charge in [0.2, 0.25) is 0 Å². The van der Waals surface area contributed by atoms with Crippen LogP contribution in [0.2, 0.25) is 0 Å². The SMILES string of the molecule is CC(C)n1cc(Nc2cc(C(N)=S)ccn2)cn1. The van der Waals surface area contributed by atoms with E-state index >= 15 is 0 Å². The highest BCUT2D eigenvalue weighted by atomic mass is 32.1. The van der Waals surface area contributed by atoms with Crippen LogP contribution in [0.25, 0.3) is 0 Å². The maximum Gasteiger partial charge on any atom is 0.131 e. The second-order valence-corrected chi connectivity index (χ2v) is 4.66. The van der Waals surface area contributed by atoms with Crippen molar-refractivity contribution in [3.05, 3.63) is 36.3 Å². The Morgan fingerprint density at radius 1 is 1.50 bits per heavy atom. The van der Waals surface area contributed by atoms with Gasteiger partial charge in [-0.1, -0.05) is 12.2 Å². The molecule has 0 bridgehead atoms. The summed E-state index contributed by atoms with van der Waals surface area (Å²) in [6.45, 7) is 4.14.